The summed E-state index contributed by atoms with van der Waals surface area (Å²) < 4.78 is 1.79. The Balaban J connectivity index is 2.53. The molecule has 82 valence electrons. The van der Waals surface area contributed by atoms with Crippen LogP contribution in [0.2, 0.25) is 0 Å². The lowest BCUT2D eigenvalue weighted by atomic mass is 10.1. The molecule has 0 saturated carbocycles. The average molecular weight is 216 g/mol. The molecule has 0 aromatic carbocycles. The van der Waals surface area contributed by atoms with E-state index >= 15 is 0 Å². The van der Waals surface area contributed by atoms with E-state index in [0.717, 1.165) is 11.0 Å². The number of ketones is 2. The van der Waals surface area contributed by atoms with Crippen molar-refractivity contribution in [3.05, 3.63) is 30.1 Å². The van der Waals surface area contributed by atoms with Gasteiger partial charge in [-0.2, -0.15) is 0 Å². The number of aryl methyl sites for hydroxylation is 1. The number of Topliss-reactive ketones (excluding diaryl/α,β-unsaturated/α-hetero) is 2. The van der Waals surface area contributed by atoms with Crippen molar-refractivity contribution >= 4 is 22.6 Å². The number of carbonyl (C=O) groups excluding carboxylic acids is 2. The maximum Gasteiger partial charge on any atom is 0.172 e. The third kappa shape index (κ3) is 1.74. The lowest BCUT2D eigenvalue weighted by Crippen LogP contribution is -2.04. The van der Waals surface area contributed by atoms with Gasteiger partial charge in [0.1, 0.15) is 11.4 Å². The van der Waals surface area contributed by atoms with E-state index < -0.39 is 0 Å². The van der Waals surface area contributed by atoms with E-state index in [9.17, 15) is 9.59 Å². The number of hydrogen-bond acceptors (Lipinski definition) is 3. The molecule has 2 aromatic rings. The minimum atomic E-state index is -0.147. The molecule has 0 atom stereocenters. The molecule has 0 fully saturated rings. The summed E-state index contributed by atoms with van der Waals surface area (Å²) in [5.41, 5.74) is 1.33. The first-order chi connectivity index (χ1) is 7.59. The molecule has 0 aliphatic heterocycles. The highest BCUT2D eigenvalue weighted by Crippen LogP contribution is 2.19. The van der Waals surface area contributed by atoms with E-state index in [0.29, 0.717) is 5.56 Å². The predicted molar refractivity (Wildman–Crippen MR) is 60.3 cm³/mol. The van der Waals surface area contributed by atoms with E-state index in [2.05, 4.69) is 4.98 Å². The molecule has 0 radical (unpaired) electrons. The SMILES string of the molecule is CC(=O)CC(=O)c1cn(C)c2ncccc12. The summed E-state index contributed by atoms with van der Waals surface area (Å²) in [7, 11) is 1.83. The maximum atomic E-state index is 11.8. The van der Waals surface area contributed by atoms with E-state index in [1.165, 1.54) is 6.92 Å². The van der Waals surface area contributed by atoms with Gasteiger partial charge < -0.3 is 4.57 Å². The largest absolute Gasteiger partial charge is 0.335 e. The van der Waals surface area contributed by atoms with E-state index in [4.69, 9.17) is 0 Å². The van der Waals surface area contributed by atoms with Crippen LogP contribution in [0.4, 0.5) is 0 Å². The Bertz CT molecular complexity index is 569. The number of nitrogens with zero attached hydrogens (tertiary/aromatic N) is 2. The molecule has 2 aromatic heterocycles. The average Bonchev–Trinajstić information content (AvgIpc) is 2.56. The Labute approximate surface area is 92.9 Å². The van der Waals surface area contributed by atoms with Crippen molar-refractivity contribution in [3.8, 4) is 0 Å². The van der Waals surface area contributed by atoms with Crippen LogP contribution in [0.3, 0.4) is 0 Å². The molecule has 2 heterocycles. The van der Waals surface area contributed by atoms with E-state index in [1.54, 1.807) is 23.0 Å². The van der Waals surface area contributed by atoms with Crippen molar-refractivity contribution < 1.29 is 9.59 Å². The summed E-state index contributed by atoms with van der Waals surface area (Å²) in [5.74, 6) is -0.267. The summed E-state index contributed by atoms with van der Waals surface area (Å²) in [5, 5.41) is 0.802. The quantitative estimate of drug-likeness (QED) is 0.580. The normalized spacial score (nSPS) is 10.6. The molecule has 0 aliphatic carbocycles. The Kier molecular flexibility index (Phi) is 2.56. The smallest absolute Gasteiger partial charge is 0.172 e. The summed E-state index contributed by atoms with van der Waals surface area (Å²) >= 11 is 0. The standard InChI is InChI=1S/C12H12N2O2/c1-8(15)6-11(16)10-7-14(2)12-9(10)4-3-5-13-12/h3-5,7H,6H2,1-2H3. The van der Waals surface area contributed by atoms with Crippen LogP contribution < -0.4 is 0 Å². The fourth-order valence-electron chi connectivity index (χ4n) is 1.76. The summed E-state index contributed by atoms with van der Waals surface area (Å²) in [4.78, 5) is 26.9. The zero-order valence-corrected chi connectivity index (χ0v) is 9.23. The molecule has 0 aliphatic rings. The van der Waals surface area contributed by atoms with Crippen molar-refractivity contribution in [2.45, 2.75) is 13.3 Å². The summed E-state index contributed by atoms with van der Waals surface area (Å²) in [6, 6.07) is 3.63. The Hall–Kier alpha value is -1.97. The molecule has 0 spiro atoms. The molecule has 2 rings (SSSR count). The van der Waals surface area contributed by atoms with Gasteiger partial charge in [0.05, 0.1) is 6.42 Å². The van der Waals surface area contributed by atoms with Crippen molar-refractivity contribution in [1.29, 1.82) is 0 Å². The zero-order chi connectivity index (χ0) is 11.7. The third-order valence-electron chi connectivity index (χ3n) is 2.44. The molecule has 0 unspecified atom stereocenters. The highest BCUT2D eigenvalue weighted by Gasteiger charge is 2.15. The van der Waals surface area contributed by atoms with Crippen molar-refractivity contribution in [1.82, 2.24) is 9.55 Å². The van der Waals surface area contributed by atoms with Gasteiger partial charge in [0, 0.05) is 30.4 Å². The van der Waals surface area contributed by atoms with Crippen LogP contribution in [0.15, 0.2) is 24.5 Å². The van der Waals surface area contributed by atoms with Crippen LogP contribution in [0.25, 0.3) is 11.0 Å². The highest BCUT2D eigenvalue weighted by atomic mass is 16.1. The molecular formula is C12H12N2O2. The number of pyridine rings is 1. The lowest BCUT2D eigenvalue weighted by Gasteiger charge is -1.95. The number of aromatic nitrogens is 2. The number of rotatable bonds is 3. The minimum absolute atomic E-state index is 0.0476. The van der Waals surface area contributed by atoms with E-state index in [1.807, 2.05) is 13.1 Å². The minimum Gasteiger partial charge on any atom is -0.335 e. The maximum absolute atomic E-state index is 11.8. The second kappa shape index (κ2) is 3.89. The van der Waals surface area contributed by atoms with Gasteiger partial charge in [-0.15, -0.1) is 0 Å². The van der Waals surface area contributed by atoms with Crippen molar-refractivity contribution in [3.63, 3.8) is 0 Å². The predicted octanol–water partition coefficient (Wildman–Crippen LogP) is 1.74. The first kappa shape index (κ1) is 10.5. The van der Waals surface area contributed by atoms with Gasteiger partial charge in [-0.25, -0.2) is 4.98 Å². The molecule has 0 bridgehead atoms. The first-order valence-electron chi connectivity index (χ1n) is 5.02. The number of hydrogen-bond donors (Lipinski definition) is 0. The first-order valence-corrected chi connectivity index (χ1v) is 5.02. The molecule has 4 heteroatoms. The van der Waals surface area contributed by atoms with Crippen molar-refractivity contribution in [2.75, 3.05) is 0 Å². The highest BCUT2D eigenvalue weighted by molar-refractivity contribution is 6.13. The monoisotopic (exact) mass is 216 g/mol. The Morgan fingerprint density at radius 1 is 1.44 bits per heavy atom. The second-order valence-corrected chi connectivity index (χ2v) is 3.83. The van der Waals surface area contributed by atoms with Crippen LogP contribution in [-0.2, 0) is 11.8 Å². The lowest BCUT2D eigenvalue weighted by molar-refractivity contribution is -0.116. The Morgan fingerprint density at radius 3 is 2.88 bits per heavy atom. The molecule has 16 heavy (non-hydrogen) atoms. The zero-order valence-electron chi connectivity index (χ0n) is 9.23. The Morgan fingerprint density at radius 2 is 2.19 bits per heavy atom. The van der Waals surface area contributed by atoms with Gasteiger partial charge in [-0.1, -0.05) is 0 Å². The van der Waals surface area contributed by atoms with Gasteiger partial charge in [0.25, 0.3) is 0 Å². The van der Waals surface area contributed by atoms with Gasteiger partial charge in [-0.05, 0) is 19.1 Å². The van der Waals surface area contributed by atoms with Crippen LogP contribution in [0, 0.1) is 0 Å². The molecule has 4 nitrogen and oxygen atoms in total. The van der Waals surface area contributed by atoms with Crippen LogP contribution in [0.1, 0.15) is 23.7 Å². The van der Waals surface area contributed by atoms with Gasteiger partial charge in [0.2, 0.25) is 0 Å². The topological polar surface area (TPSA) is 52.0 Å². The van der Waals surface area contributed by atoms with Gasteiger partial charge >= 0.3 is 0 Å². The molecule has 0 saturated heterocycles. The number of carbonyl (C=O) groups is 2. The number of fused-ring (bicyclic) bond motifs is 1. The van der Waals surface area contributed by atoms with Gasteiger partial charge in [0.15, 0.2) is 5.78 Å². The van der Waals surface area contributed by atoms with Crippen LogP contribution in [-0.4, -0.2) is 21.1 Å². The fourth-order valence-corrected chi connectivity index (χ4v) is 1.76. The van der Waals surface area contributed by atoms with Crippen LogP contribution in [0.5, 0.6) is 0 Å². The molecule has 0 N–H and O–H groups in total. The summed E-state index contributed by atoms with van der Waals surface area (Å²) in [6.07, 6.45) is 3.36. The molecule has 0 amide bonds. The van der Waals surface area contributed by atoms with Crippen molar-refractivity contribution in [2.24, 2.45) is 7.05 Å². The summed E-state index contributed by atoms with van der Waals surface area (Å²) in [6.45, 7) is 1.42. The van der Waals surface area contributed by atoms with Gasteiger partial charge in [-0.3, -0.25) is 9.59 Å². The fraction of sp³-hybridized carbons (Fsp3) is 0.250. The second-order valence-electron chi connectivity index (χ2n) is 3.83. The third-order valence-corrected chi connectivity index (χ3v) is 2.44. The van der Waals surface area contributed by atoms with E-state index in [-0.39, 0.29) is 18.0 Å². The van der Waals surface area contributed by atoms with Crippen LogP contribution >= 0.6 is 0 Å². The molecular weight excluding hydrogens is 204 g/mol.